The Morgan fingerprint density at radius 1 is 1.26 bits per heavy atom. The molecule has 0 fully saturated rings. The third-order valence-electron chi connectivity index (χ3n) is 1.92. The monoisotopic (exact) mass is 438 g/mol. The molecule has 134 valence electrons. The standard InChI is InChI=1S/C11H22N4O4.3CH3.Sn/c1-11(2,3)19-10(18)15-7(8(16)17)5-4-6-14-9(12)13;;;;/h7H,4-6H2,1-3H3,(H,15,18)(H,16,17)(H4,12,13,14);3*1H3;/q;;;;+1/p-1/t7-;;;;/m0..../s1. The molecular formula is C14H30N4O4Sn. The molecule has 0 aromatic heterocycles. The summed E-state index contributed by atoms with van der Waals surface area (Å²) in [6.07, 6.45) is -0.256. The molecule has 1 amide bonds. The molecule has 0 aliphatic rings. The van der Waals surface area contributed by atoms with E-state index in [1.165, 1.54) is 0 Å². The van der Waals surface area contributed by atoms with Crippen LogP contribution in [-0.4, -0.2) is 56.0 Å². The average molecular weight is 437 g/mol. The molecule has 0 aromatic rings. The molecule has 0 bridgehead atoms. The van der Waals surface area contributed by atoms with Gasteiger partial charge in [-0.2, -0.15) is 0 Å². The van der Waals surface area contributed by atoms with Crippen LogP contribution in [0.1, 0.15) is 33.6 Å². The fraction of sp³-hybridized carbons (Fsp3) is 0.786. The van der Waals surface area contributed by atoms with Crippen LogP contribution in [0, 0.1) is 0 Å². The number of hydrogen-bond acceptors (Lipinski definition) is 5. The Hall–Kier alpha value is -1.19. The zero-order valence-corrected chi connectivity index (χ0v) is 17.8. The molecule has 0 radical (unpaired) electrons. The summed E-state index contributed by atoms with van der Waals surface area (Å²) in [5, 5.41) is 13.1. The van der Waals surface area contributed by atoms with E-state index in [1.54, 1.807) is 20.8 Å². The van der Waals surface area contributed by atoms with Crippen molar-refractivity contribution in [1.29, 1.82) is 0 Å². The number of guanidine groups is 1. The summed E-state index contributed by atoms with van der Waals surface area (Å²) in [5.41, 5.74) is 9.56. The number of carboxylic acid groups (broad SMARTS) is 1. The van der Waals surface area contributed by atoms with Crippen molar-refractivity contribution in [2.24, 2.45) is 16.5 Å². The van der Waals surface area contributed by atoms with Crippen LogP contribution >= 0.6 is 0 Å². The van der Waals surface area contributed by atoms with Crippen molar-refractivity contribution in [3.8, 4) is 0 Å². The molecule has 0 rings (SSSR count). The van der Waals surface area contributed by atoms with Crippen LogP contribution in [0.3, 0.4) is 0 Å². The Labute approximate surface area is 145 Å². The maximum absolute atomic E-state index is 11.4. The van der Waals surface area contributed by atoms with Gasteiger partial charge in [0.05, 0.1) is 12.0 Å². The van der Waals surface area contributed by atoms with Crippen LogP contribution < -0.4 is 21.9 Å². The summed E-state index contributed by atoms with van der Waals surface area (Å²) >= 11 is -0.543. The molecule has 5 N–H and O–H groups in total. The van der Waals surface area contributed by atoms with Gasteiger partial charge in [-0.15, -0.1) is 0 Å². The van der Waals surface area contributed by atoms with E-state index in [4.69, 9.17) is 16.2 Å². The first-order valence-electron chi connectivity index (χ1n) is 7.37. The van der Waals surface area contributed by atoms with Crippen molar-refractivity contribution in [3.63, 3.8) is 0 Å². The van der Waals surface area contributed by atoms with E-state index in [0.717, 1.165) is 0 Å². The summed E-state index contributed by atoms with van der Waals surface area (Å²) < 4.78 is 4.95. The average Bonchev–Trinajstić information content (AvgIpc) is 2.29. The molecule has 0 saturated carbocycles. The minimum atomic E-state index is -1.38. The summed E-state index contributed by atoms with van der Waals surface area (Å²) in [6.45, 7) is 5.32. The zero-order valence-electron chi connectivity index (χ0n) is 14.9. The number of nitrogens with one attached hydrogen (secondary N) is 1. The second-order valence-corrected chi connectivity index (χ2v) is 15.0. The maximum atomic E-state index is 11.4. The predicted molar refractivity (Wildman–Crippen MR) is 91.4 cm³/mol. The number of nitrogens with zero attached hydrogens (tertiary/aromatic N) is 1. The Balaban J connectivity index is 0. The van der Waals surface area contributed by atoms with E-state index in [0.29, 0.717) is 6.42 Å². The van der Waals surface area contributed by atoms with E-state index in [-0.39, 0.29) is 18.9 Å². The van der Waals surface area contributed by atoms with Crippen LogP contribution in [-0.2, 0) is 9.53 Å². The van der Waals surface area contributed by atoms with Gasteiger partial charge < -0.3 is 31.4 Å². The molecule has 0 aromatic carbocycles. The molecule has 0 heterocycles. The molecule has 9 heteroatoms. The van der Waals surface area contributed by atoms with Gasteiger partial charge >= 0.3 is 40.7 Å². The minimum absolute atomic E-state index is 0.0647. The predicted octanol–water partition coefficient (Wildman–Crippen LogP) is 0.0538. The van der Waals surface area contributed by atoms with Crippen molar-refractivity contribution in [1.82, 2.24) is 5.32 Å². The second kappa shape index (κ2) is 12.3. The summed E-state index contributed by atoms with van der Waals surface area (Å²) in [5.74, 6) is -1.44. The molecule has 0 saturated heterocycles. The van der Waals surface area contributed by atoms with Crippen molar-refractivity contribution < 1.29 is 19.4 Å². The fourth-order valence-electron chi connectivity index (χ4n) is 1.20. The van der Waals surface area contributed by atoms with Gasteiger partial charge in [0.1, 0.15) is 5.60 Å². The number of carbonyl (C=O) groups is 2. The fourth-order valence-corrected chi connectivity index (χ4v) is 1.20. The second-order valence-electron chi connectivity index (χ2n) is 6.47. The van der Waals surface area contributed by atoms with Crippen molar-refractivity contribution >= 4 is 37.8 Å². The Morgan fingerprint density at radius 3 is 2.09 bits per heavy atom. The number of carboxylic acids is 1. The molecule has 1 atom stereocenters. The van der Waals surface area contributed by atoms with Crippen LogP contribution in [0.25, 0.3) is 0 Å². The molecular weight excluding hydrogens is 407 g/mol. The van der Waals surface area contributed by atoms with Crippen LogP contribution in [0.2, 0.25) is 14.8 Å². The number of aliphatic carboxylic acids is 1. The Morgan fingerprint density at radius 2 is 1.74 bits per heavy atom. The van der Waals surface area contributed by atoms with Crippen LogP contribution in [0.5, 0.6) is 0 Å². The number of alkyl carbamates (subject to hydrolysis) is 1. The number of aliphatic imine (C=N–C) groups is 1. The van der Waals surface area contributed by atoms with Gasteiger partial charge in [-0.3, -0.25) is 4.99 Å². The van der Waals surface area contributed by atoms with Gasteiger partial charge in [0, 0.05) is 6.54 Å². The number of ether oxygens (including phenoxy) is 1. The summed E-state index contributed by atoms with van der Waals surface area (Å²) in [6, 6.07) is -1.14. The molecule has 0 unspecified atom stereocenters. The third kappa shape index (κ3) is 20.8. The molecule has 0 aliphatic heterocycles. The van der Waals surface area contributed by atoms with Crippen LogP contribution in [0.15, 0.2) is 4.99 Å². The van der Waals surface area contributed by atoms with E-state index >= 15 is 0 Å². The normalized spacial score (nSPS) is 11.4. The van der Waals surface area contributed by atoms with Gasteiger partial charge in [0.2, 0.25) is 0 Å². The number of carbonyl (C=O) groups excluding carboxylic acids is 2. The van der Waals surface area contributed by atoms with Crippen LogP contribution in [0.4, 0.5) is 4.79 Å². The number of rotatable bonds is 6. The van der Waals surface area contributed by atoms with E-state index < -0.39 is 43.5 Å². The Bertz CT molecular complexity index is 388. The van der Waals surface area contributed by atoms with Gasteiger partial charge in [0.25, 0.3) is 0 Å². The SMILES string of the molecule is CC(C)(C)OC(=O)N[C@@H](CCCN=C(N)N)C(=O)[O-].[CH3][Sn+]([CH3])[CH3]. The molecule has 8 nitrogen and oxygen atoms in total. The van der Waals surface area contributed by atoms with E-state index in [1.807, 2.05) is 0 Å². The van der Waals surface area contributed by atoms with Crippen molar-refractivity contribution in [2.75, 3.05) is 6.54 Å². The Kier molecular flexibility index (Phi) is 12.8. The third-order valence-corrected chi connectivity index (χ3v) is 1.92. The van der Waals surface area contributed by atoms with Gasteiger partial charge in [-0.1, -0.05) is 0 Å². The van der Waals surface area contributed by atoms with E-state index in [2.05, 4.69) is 25.1 Å². The van der Waals surface area contributed by atoms with Gasteiger partial charge in [0.15, 0.2) is 5.96 Å². The molecule has 23 heavy (non-hydrogen) atoms. The quantitative estimate of drug-likeness (QED) is 0.232. The first kappa shape index (κ1) is 24.1. The van der Waals surface area contributed by atoms with Crippen molar-refractivity contribution in [2.45, 2.75) is 60.1 Å². The van der Waals surface area contributed by atoms with E-state index in [9.17, 15) is 14.7 Å². The van der Waals surface area contributed by atoms with Gasteiger partial charge in [-0.25, -0.2) is 4.79 Å². The van der Waals surface area contributed by atoms with Gasteiger partial charge in [-0.05, 0) is 33.6 Å². The zero-order chi connectivity index (χ0) is 18.6. The summed E-state index contributed by atoms with van der Waals surface area (Å²) in [7, 11) is 0. The molecule has 0 aliphatic carbocycles. The molecule has 0 spiro atoms. The first-order chi connectivity index (χ1) is 10.3. The number of amides is 1. The number of nitrogens with two attached hydrogens (primary N) is 2. The topological polar surface area (TPSA) is 143 Å². The van der Waals surface area contributed by atoms with Crippen molar-refractivity contribution in [3.05, 3.63) is 0 Å². The summed E-state index contributed by atoms with van der Waals surface area (Å²) in [4.78, 5) is 33.1. The first-order valence-corrected chi connectivity index (χ1v) is 15.9. The number of hydrogen-bond donors (Lipinski definition) is 3.